The Morgan fingerprint density at radius 3 is 2.31 bits per heavy atom. The van der Waals surface area contributed by atoms with Crippen LogP contribution in [0.25, 0.3) is 0 Å². The van der Waals surface area contributed by atoms with Gasteiger partial charge in [-0.2, -0.15) is 13.2 Å². The van der Waals surface area contributed by atoms with E-state index in [0.29, 0.717) is 29.3 Å². The molecule has 0 aliphatic rings. The first-order chi connectivity index (χ1) is 15.1. The van der Waals surface area contributed by atoms with Crippen LogP contribution in [-0.2, 0) is 6.18 Å². The van der Waals surface area contributed by atoms with Crippen LogP contribution in [0, 0.1) is 0 Å². The molecule has 3 aromatic rings. The van der Waals surface area contributed by atoms with Crippen LogP contribution in [0.15, 0.2) is 48.8 Å². The normalized spacial score (nSPS) is 11.2. The molecule has 3 rings (SSSR count). The van der Waals surface area contributed by atoms with Gasteiger partial charge < -0.3 is 16.0 Å². The molecule has 12 heteroatoms. The maximum Gasteiger partial charge on any atom is 0.417 e. The van der Waals surface area contributed by atoms with E-state index in [2.05, 4.69) is 25.9 Å². The zero-order valence-corrected chi connectivity index (χ0v) is 18.4. The molecule has 0 bridgehead atoms. The molecule has 0 atom stereocenters. The fourth-order valence-corrected chi connectivity index (χ4v) is 3.32. The van der Waals surface area contributed by atoms with Gasteiger partial charge in [0.2, 0.25) is 0 Å². The molecule has 1 aromatic carbocycles. The first-order valence-electron chi connectivity index (χ1n) is 9.07. The minimum absolute atomic E-state index is 0.119. The highest BCUT2D eigenvalue weighted by molar-refractivity contribution is 6.37. The number of alkyl halides is 3. The number of anilines is 3. The number of nitrogens with one attached hydrogen (secondary N) is 3. The Hall–Kier alpha value is -2.75. The van der Waals surface area contributed by atoms with Crippen LogP contribution >= 0.6 is 34.8 Å². The van der Waals surface area contributed by atoms with Crippen LogP contribution in [0.1, 0.15) is 15.9 Å². The Bertz CT molecular complexity index is 1130. The molecule has 0 saturated heterocycles. The molecule has 32 heavy (non-hydrogen) atoms. The van der Waals surface area contributed by atoms with Gasteiger partial charge in [-0.25, -0.2) is 9.97 Å². The number of hydrogen-bond donors (Lipinski definition) is 3. The predicted molar refractivity (Wildman–Crippen MR) is 120 cm³/mol. The average molecular weight is 505 g/mol. The van der Waals surface area contributed by atoms with Gasteiger partial charge in [0.05, 0.1) is 26.9 Å². The van der Waals surface area contributed by atoms with Crippen molar-refractivity contribution in [1.29, 1.82) is 0 Å². The lowest BCUT2D eigenvalue weighted by atomic mass is 10.2. The molecule has 168 valence electrons. The quantitative estimate of drug-likeness (QED) is 0.332. The lowest BCUT2D eigenvalue weighted by Crippen LogP contribution is -2.18. The average Bonchev–Trinajstić information content (AvgIpc) is 2.72. The van der Waals surface area contributed by atoms with E-state index in [1.165, 1.54) is 18.3 Å². The van der Waals surface area contributed by atoms with E-state index in [1.54, 1.807) is 18.2 Å². The second kappa shape index (κ2) is 10.2. The number of nitrogens with zero attached hydrogens (tertiary/aromatic N) is 2. The van der Waals surface area contributed by atoms with Crippen molar-refractivity contribution < 1.29 is 18.0 Å². The number of rotatable bonds is 7. The Labute approximate surface area is 196 Å². The molecule has 0 fully saturated rings. The number of hydrogen-bond acceptors (Lipinski definition) is 5. The summed E-state index contributed by atoms with van der Waals surface area (Å²) in [5, 5.41) is 9.06. The SMILES string of the molecule is O=C(Nc1cccnc1NCCNc1ncc(C(F)(F)F)cc1Cl)c1ccc(Cl)cc1Cl. The molecule has 0 unspecified atom stereocenters. The summed E-state index contributed by atoms with van der Waals surface area (Å²) >= 11 is 17.8. The van der Waals surface area contributed by atoms with Gasteiger partial charge in [-0.1, -0.05) is 34.8 Å². The van der Waals surface area contributed by atoms with Crippen LogP contribution in [0.2, 0.25) is 15.1 Å². The fraction of sp³-hybridized carbons (Fsp3) is 0.150. The van der Waals surface area contributed by atoms with Crippen molar-refractivity contribution >= 4 is 58.0 Å². The van der Waals surface area contributed by atoms with Crippen molar-refractivity contribution in [3.05, 3.63) is 75.0 Å². The Morgan fingerprint density at radius 2 is 1.66 bits per heavy atom. The van der Waals surface area contributed by atoms with E-state index in [0.717, 1.165) is 6.07 Å². The third-order valence-corrected chi connectivity index (χ3v) is 4.95. The first kappa shape index (κ1) is 23.9. The highest BCUT2D eigenvalue weighted by Crippen LogP contribution is 2.32. The second-order valence-electron chi connectivity index (χ2n) is 6.38. The van der Waals surface area contributed by atoms with Crippen LogP contribution in [0.5, 0.6) is 0 Å². The van der Waals surface area contributed by atoms with Crippen LogP contribution in [-0.4, -0.2) is 29.0 Å². The molecule has 1 amide bonds. The number of halogens is 6. The van der Waals surface area contributed by atoms with Crippen molar-refractivity contribution in [2.75, 3.05) is 29.0 Å². The molecule has 0 spiro atoms. The topological polar surface area (TPSA) is 78.9 Å². The zero-order chi connectivity index (χ0) is 23.3. The maximum absolute atomic E-state index is 12.7. The Balaban J connectivity index is 1.59. The van der Waals surface area contributed by atoms with Gasteiger partial charge in [0.1, 0.15) is 11.6 Å². The maximum atomic E-state index is 12.7. The van der Waals surface area contributed by atoms with Crippen LogP contribution in [0.4, 0.5) is 30.5 Å². The number of amides is 1. The van der Waals surface area contributed by atoms with E-state index < -0.39 is 17.6 Å². The Morgan fingerprint density at radius 1 is 0.938 bits per heavy atom. The minimum atomic E-state index is -4.52. The summed E-state index contributed by atoms with van der Waals surface area (Å²) in [7, 11) is 0. The predicted octanol–water partition coefficient (Wildman–Crippen LogP) is 6.23. The summed E-state index contributed by atoms with van der Waals surface area (Å²) in [4.78, 5) is 20.4. The molecule has 0 radical (unpaired) electrons. The van der Waals surface area contributed by atoms with Gasteiger partial charge in [0.15, 0.2) is 0 Å². The largest absolute Gasteiger partial charge is 0.417 e. The van der Waals surface area contributed by atoms with Crippen molar-refractivity contribution in [3.63, 3.8) is 0 Å². The van der Waals surface area contributed by atoms with E-state index >= 15 is 0 Å². The Kier molecular flexibility index (Phi) is 7.65. The smallest absolute Gasteiger partial charge is 0.367 e. The third kappa shape index (κ3) is 6.15. The van der Waals surface area contributed by atoms with E-state index in [9.17, 15) is 18.0 Å². The van der Waals surface area contributed by atoms with E-state index in [4.69, 9.17) is 34.8 Å². The monoisotopic (exact) mass is 503 g/mol. The van der Waals surface area contributed by atoms with Crippen molar-refractivity contribution in [3.8, 4) is 0 Å². The molecule has 2 heterocycles. The lowest BCUT2D eigenvalue weighted by molar-refractivity contribution is -0.137. The van der Waals surface area contributed by atoms with Gasteiger partial charge >= 0.3 is 6.18 Å². The standard InChI is InChI=1S/C20H15Cl3F3N5O/c21-12-3-4-13(14(22)9-12)19(32)31-16-2-1-5-27-18(16)29-7-6-28-17-15(23)8-11(10-30-17)20(24,25)26/h1-5,8-10H,6-7H2,(H,27,29)(H,28,30)(H,31,32). The lowest BCUT2D eigenvalue weighted by Gasteiger charge is -2.14. The zero-order valence-electron chi connectivity index (χ0n) is 16.1. The number of pyridine rings is 2. The van der Waals surface area contributed by atoms with Gasteiger partial charge in [0.25, 0.3) is 5.91 Å². The van der Waals surface area contributed by atoms with Gasteiger partial charge in [-0.15, -0.1) is 0 Å². The summed E-state index contributed by atoms with van der Waals surface area (Å²) in [5.41, 5.74) is -0.273. The van der Waals surface area contributed by atoms with Crippen LogP contribution < -0.4 is 16.0 Å². The highest BCUT2D eigenvalue weighted by Gasteiger charge is 2.31. The van der Waals surface area contributed by atoms with Gasteiger partial charge in [-0.3, -0.25) is 4.79 Å². The molecule has 6 nitrogen and oxygen atoms in total. The molecule has 0 aliphatic heterocycles. The third-order valence-electron chi connectivity index (χ3n) is 4.11. The van der Waals surface area contributed by atoms with Crippen LogP contribution in [0.3, 0.4) is 0 Å². The molecule has 2 aromatic heterocycles. The summed E-state index contributed by atoms with van der Waals surface area (Å²) < 4.78 is 38.1. The number of carbonyl (C=O) groups is 1. The summed E-state index contributed by atoms with van der Waals surface area (Å²) in [6.07, 6.45) is -2.28. The van der Waals surface area contributed by atoms with Crippen molar-refractivity contribution in [2.45, 2.75) is 6.18 Å². The number of benzene rings is 1. The summed E-state index contributed by atoms with van der Waals surface area (Å²) in [6, 6.07) is 8.63. The molecule has 0 saturated carbocycles. The van der Waals surface area contributed by atoms with Crippen molar-refractivity contribution in [2.24, 2.45) is 0 Å². The molecule has 3 N–H and O–H groups in total. The number of carbonyl (C=O) groups excluding carboxylic acids is 1. The van der Waals surface area contributed by atoms with Crippen molar-refractivity contribution in [1.82, 2.24) is 9.97 Å². The molecular formula is C20H15Cl3F3N5O. The first-order valence-corrected chi connectivity index (χ1v) is 10.2. The number of aromatic nitrogens is 2. The molecular weight excluding hydrogens is 490 g/mol. The fourth-order valence-electron chi connectivity index (χ4n) is 2.60. The van der Waals surface area contributed by atoms with Gasteiger partial charge in [-0.05, 0) is 36.4 Å². The van der Waals surface area contributed by atoms with Gasteiger partial charge in [0, 0.05) is 30.5 Å². The van der Waals surface area contributed by atoms with E-state index in [-0.39, 0.29) is 28.0 Å². The summed E-state index contributed by atoms with van der Waals surface area (Å²) in [6.45, 7) is 0.575. The summed E-state index contributed by atoms with van der Waals surface area (Å²) in [5.74, 6) is 0.0641. The molecule has 0 aliphatic carbocycles. The highest BCUT2D eigenvalue weighted by atomic mass is 35.5. The minimum Gasteiger partial charge on any atom is -0.367 e. The van der Waals surface area contributed by atoms with E-state index in [1.807, 2.05) is 0 Å². The second-order valence-corrected chi connectivity index (χ2v) is 7.63.